The monoisotopic (exact) mass is 311 g/mol. The Bertz CT molecular complexity index is 489. The molecule has 0 spiro atoms. The van der Waals surface area contributed by atoms with E-state index in [1.54, 1.807) is 0 Å². The molecule has 0 radical (unpaired) electrons. The van der Waals surface area contributed by atoms with Gasteiger partial charge in [0.2, 0.25) is 0 Å². The highest BCUT2D eigenvalue weighted by molar-refractivity contribution is 5.39. The topological polar surface area (TPSA) is 26.0 Å². The van der Waals surface area contributed by atoms with Crippen LogP contribution in [0.25, 0.3) is 0 Å². The van der Waals surface area contributed by atoms with Gasteiger partial charge in [-0.15, -0.1) is 0 Å². The van der Waals surface area contributed by atoms with Gasteiger partial charge in [0.1, 0.15) is 5.82 Å². The molecular formula is C10H6F9N. The van der Waals surface area contributed by atoms with E-state index in [-0.39, 0.29) is 6.07 Å². The zero-order valence-corrected chi connectivity index (χ0v) is 9.29. The normalized spacial score (nSPS) is 14.8. The van der Waals surface area contributed by atoms with Gasteiger partial charge in [-0.05, 0) is 12.1 Å². The van der Waals surface area contributed by atoms with E-state index >= 15 is 0 Å². The number of benzene rings is 1. The maximum absolute atomic E-state index is 13.4. The molecule has 0 aliphatic rings. The molecule has 10 heteroatoms. The van der Waals surface area contributed by atoms with Crippen LogP contribution in [0.1, 0.15) is 22.7 Å². The zero-order chi connectivity index (χ0) is 15.9. The third-order valence-corrected chi connectivity index (χ3v) is 2.37. The van der Waals surface area contributed by atoms with Crippen LogP contribution in [0.3, 0.4) is 0 Å². The molecule has 20 heavy (non-hydrogen) atoms. The lowest BCUT2D eigenvalue weighted by atomic mass is 9.97. The number of hydrogen-bond donors (Lipinski definition) is 1. The van der Waals surface area contributed by atoms with Crippen LogP contribution in [0.5, 0.6) is 0 Å². The third-order valence-electron chi connectivity index (χ3n) is 2.37. The summed E-state index contributed by atoms with van der Waals surface area (Å²) in [6, 6.07) is -3.43. The Kier molecular flexibility index (Phi) is 4.28. The van der Waals surface area contributed by atoms with Gasteiger partial charge in [0.25, 0.3) is 6.43 Å². The molecule has 0 aliphatic heterocycles. The Balaban J connectivity index is 3.60. The average Bonchev–Trinajstić information content (AvgIpc) is 2.24. The van der Waals surface area contributed by atoms with Crippen molar-refractivity contribution in [2.24, 2.45) is 5.73 Å². The molecular weight excluding hydrogens is 305 g/mol. The van der Waals surface area contributed by atoms with Gasteiger partial charge in [-0.3, -0.25) is 0 Å². The summed E-state index contributed by atoms with van der Waals surface area (Å²) in [5, 5.41) is 0. The molecule has 0 unspecified atom stereocenters. The Labute approximate surface area is 106 Å². The number of nitrogens with two attached hydrogens (primary N) is 1. The zero-order valence-electron chi connectivity index (χ0n) is 9.29. The average molecular weight is 311 g/mol. The first kappa shape index (κ1) is 16.6. The molecule has 1 aromatic rings. The van der Waals surface area contributed by atoms with Gasteiger partial charge in [-0.25, -0.2) is 13.2 Å². The maximum atomic E-state index is 13.4. The van der Waals surface area contributed by atoms with Gasteiger partial charge in [-0.2, -0.15) is 26.3 Å². The van der Waals surface area contributed by atoms with Crippen LogP contribution in [0, 0.1) is 5.82 Å². The van der Waals surface area contributed by atoms with E-state index in [9.17, 15) is 39.5 Å². The molecule has 1 atom stereocenters. The molecule has 0 fully saturated rings. The molecule has 1 aromatic carbocycles. The van der Waals surface area contributed by atoms with Crippen molar-refractivity contribution < 1.29 is 39.5 Å². The molecule has 0 saturated heterocycles. The van der Waals surface area contributed by atoms with Crippen LogP contribution in [0.15, 0.2) is 12.1 Å². The fourth-order valence-electron chi connectivity index (χ4n) is 1.48. The fraction of sp³-hybridized carbons (Fsp3) is 0.400. The summed E-state index contributed by atoms with van der Waals surface area (Å²) >= 11 is 0. The number of rotatable bonds is 2. The summed E-state index contributed by atoms with van der Waals surface area (Å²) in [6.07, 6.45) is -14.3. The van der Waals surface area contributed by atoms with E-state index in [2.05, 4.69) is 0 Å². The second-order valence-corrected chi connectivity index (χ2v) is 3.78. The van der Waals surface area contributed by atoms with Crippen molar-refractivity contribution in [3.05, 3.63) is 34.6 Å². The smallest absolute Gasteiger partial charge is 0.319 e. The number of hydrogen-bond acceptors (Lipinski definition) is 1. The van der Waals surface area contributed by atoms with Gasteiger partial charge < -0.3 is 5.73 Å². The largest absolute Gasteiger partial charge is 0.416 e. The molecule has 1 nitrogen and oxygen atoms in total. The van der Waals surface area contributed by atoms with Crippen LogP contribution in [-0.2, 0) is 12.4 Å². The van der Waals surface area contributed by atoms with Crippen molar-refractivity contribution in [1.82, 2.24) is 0 Å². The van der Waals surface area contributed by atoms with Crippen LogP contribution >= 0.6 is 0 Å². The molecule has 0 heterocycles. The van der Waals surface area contributed by atoms with E-state index in [4.69, 9.17) is 5.73 Å². The second-order valence-electron chi connectivity index (χ2n) is 3.78. The van der Waals surface area contributed by atoms with Gasteiger partial charge in [0, 0.05) is 5.56 Å². The quantitative estimate of drug-likeness (QED) is 0.817. The van der Waals surface area contributed by atoms with Gasteiger partial charge in [0.05, 0.1) is 17.2 Å². The Morgan fingerprint density at radius 1 is 0.900 bits per heavy atom. The van der Waals surface area contributed by atoms with Crippen LogP contribution in [0.4, 0.5) is 39.5 Å². The fourth-order valence-corrected chi connectivity index (χ4v) is 1.48. The lowest BCUT2D eigenvalue weighted by Gasteiger charge is -2.20. The molecule has 2 N–H and O–H groups in total. The second kappa shape index (κ2) is 5.15. The SMILES string of the molecule is N[C@H](c1c(F)cc(C(F)(F)F)cc1C(F)(F)F)C(F)F. The highest BCUT2D eigenvalue weighted by Crippen LogP contribution is 2.40. The van der Waals surface area contributed by atoms with Gasteiger partial charge >= 0.3 is 12.4 Å². The van der Waals surface area contributed by atoms with Crippen molar-refractivity contribution in [3.63, 3.8) is 0 Å². The Morgan fingerprint density at radius 3 is 1.75 bits per heavy atom. The maximum Gasteiger partial charge on any atom is 0.416 e. The first-order valence-corrected chi connectivity index (χ1v) is 4.87. The van der Waals surface area contributed by atoms with Crippen molar-refractivity contribution in [2.75, 3.05) is 0 Å². The minimum atomic E-state index is -5.45. The van der Waals surface area contributed by atoms with Crippen LogP contribution < -0.4 is 5.73 Å². The standard InChI is InChI=1S/C10H6F9N/c11-5-2-3(9(14,15)16)1-4(10(17,18)19)6(5)7(20)8(12)13/h1-2,7-8H,20H2/t7-/m1/s1. The summed E-state index contributed by atoms with van der Waals surface area (Å²) in [5.74, 6) is -2.08. The van der Waals surface area contributed by atoms with E-state index in [1.807, 2.05) is 0 Å². The summed E-state index contributed by atoms with van der Waals surface area (Å²) in [6.45, 7) is 0. The Morgan fingerprint density at radius 2 is 1.40 bits per heavy atom. The van der Waals surface area contributed by atoms with Crippen molar-refractivity contribution >= 4 is 0 Å². The molecule has 1 rings (SSSR count). The summed E-state index contributed by atoms with van der Waals surface area (Å²) in [4.78, 5) is 0. The third kappa shape index (κ3) is 3.35. The van der Waals surface area contributed by atoms with Gasteiger partial charge in [-0.1, -0.05) is 0 Å². The minimum absolute atomic E-state index is 0.299. The van der Waals surface area contributed by atoms with E-state index in [1.165, 1.54) is 0 Å². The van der Waals surface area contributed by atoms with Crippen molar-refractivity contribution in [3.8, 4) is 0 Å². The van der Waals surface area contributed by atoms with E-state index < -0.39 is 53.4 Å². The summed E-state index contributed by atoms with van der Waals surface area (Å²) < 4.78 is 113. The number of alkyl halides is 8. The molecule has 0 aromatic heterocycles. The lowest BCUT2D eigenvalue weighted by molar-refractivity contribution is -0.144. The predicted octanol–water partition coefficient (Wildman–Crippen LogP) is 4.13. The van der Waals surface area contributed by atoms with Crippen molar-refractivity contribution in [2.45, 2.75) is 24.8 Å². The van der Waals surface area contributed by atoms with E-state index in [0.717, 1.165) is 0 Å². The molecule has 0 amide bonds. The number of halogens is 9. The van der Waals surface area contributed by atoms with E-state index in [0.29, 0.717) is 0 Å². The lowest BCUT2D eigenvalue weighted by Crippen LogP contribution is -2.25. The van der Waals surface area contributed by atoms with Crippen LogP contribution in [-0.4, -0.2) is 6.43 Å². The first-order chi connectivity index (χ1) is 8.85. The highest BCUT2D eigenvalue weighted by Gasteiger charge is 2.42. The highest BCUT2D eigenvalue weighted by atomic mass is 19.4. The minimum Gasteiger partial charge on any atom is -0.319 e. The first-order valence-electron chi connectivity index (χ1n) is 4.87. The summed E-state index contributed by atoms with van der Waals surface area (Å²) in [7, 11) is 0. The van der Waals surface area contributed by atoms with Crippen LogP contribution in [0.2, 0.25) is 0 Å². The summed E-state index contributed by atoms with van der Waals surface area (Å²) in [5.41, 5.74) is -1.08. The molecule has 0 saturated carbocycles. The van der Waals surface area contributed by atoms with Crippen molar-refractivity contribution in [1.29, 1.82) is 0 Å². The Hall–Kier alpha value is -1.45. The predicted molar refractivity (Wildman–Crippen MR) is 49.3 cm³/mol. The molecule has 0 aliphatic carbocycles. The molecule has 0 bridgehead atoms. The molecule has 114 valence electrons. The van der Waals surface area contributed by atoms with Gasteiger partial charge in [0.15, 0.2) is 0 Å².